The van der Waals surface area contributed by atoms with Crippen molar-refractivity contribution < 1.29 is 4.79 Å². The molecule has 80 valence electrons. The van der Waals surface area contributed by atoms with Crippen LogP contribution >= 0.6 is 12.2 Å². The summed E-state index contributed by atoms with van der Waals surface area (Å²) in [6, 6.07) is 0. The number of rotatable bonds is 4. The molecule has 4 N–H and O–H groups in total. The van der Waals surface area contributed by atoms with Crippen LogP contribution in [0.15, 0.2) is 12.4 Å². The second kappa shape index (κ2) is 4.65. The van der Waals surface area contributed by atoms with Gasteiger partial charge in [-0.15, -0.1) is 0 Å². The molecule has 6 nitrogen and oxygen atoms in total. The minimum absolute atomic E-state index is 0.0844. The monoisotopic (exact) mass is 225 g/mol. The third-order valence-electron chi connectivity index (χ3n) is 1.67. The molecule has 7 heteroatoms. The molecule has 0 aliphatic heterocycles. The molecule has 0 aliphatic carbocycles. The van der Waals surface area contributed by atoms with Gasteiger partial charge in [-0.2, -0.15) is 0 Å². The highest BCUT2D eigenvalue weighted by molar-refractivity contribution is 7.80. The number of amides is 1. The number of likely N-dealkylation sites (N-methyl/N-ethyl adjacent to an activating group) is 1. The zero-order valence-electron chi connectivity index (χ0n) is 8.17. The summed E-state index contributed by atoms with van der Waals surface area (Å²) in [6.45, 7) is 0.0844. The smallest absolute Gasteiger partial charge is 0.236 e. The van der Waals surface area contributed by atoms with E-state index in [1.807, 2.05) is 0 Å². The van der Waals surface area contributed by atoms with Gasteiger partial charge in [0, 0.05) is 7.05 Å². The summed E-state index contributed by atoms with van der Waals surface area (Å²) in [4.78, 5) is 20.4. The third-order valence-corrected chi connectivity index (χ3v) is 1.88. The molecular weight excluding hydrogens is 214 g/mol. The van der Waals surface area contributed by atoms with Gasteiger partial charge < -0.3 is 16.4 Å². The summed E-state index contributed by atoms with van der Waals surface area (Å²) < 4.78 is 0. The fourth-order valence-electron chi connectivity index (χ4n) is 0.960. The van der Waals surface area contributed by atoms with Crippen LogP contribution in [0.2, 0.25) is 0 Å². The van der Waals surface area contributed by atoms with Gasteiger partial charge in [0.15, 0.2) is 0 Å². The molecule has 1 aromatic rings. The number of hydrogen-bond donors (Lipinski definition) is 2. The molecule has 0 aromatic carbocycles. The summed E-state index contributed by atoms with van der Waals surface area (Å²) in [5.74, 6) is 0.103. The van der Waals surface area contributed by atoms with Gasteiger partial charge in [0.1, 0.15) is 16.5 Å². The maximum Gasteiger partial charge on any atom is 0.236 e. The first-order valence-electron chi connectivity index (χ1n) is 4.12. The van der Waals surface area contributed by atoms with E-state index in [1.165, 1.54) is 12.4 Å². The van der Waals surface area contributed by atoms with E-state index in [4.69, 9.17) is 23.7 Å². The van der Waals surface area contributed by atoms with E-state index in [0.29, 0.717) is 11.5 Å². The predicted molar refractivity (Wildman–Crippen MR) is 60.4 cm³/mol. The largest absolute Gasteiger partial charge is 0.388 e. The van der Waals surface area contributed by atoms with Crippen molar-refractivity contribution in [1.29, 1.82) is 0 Å². The van der Waals surface area contributed by atoms with Crippen molar-refractivity contribution in [3.05, 3.63) is 18.1 Å². The molecule has 0 saturated heterocycles. The Morgan fingerprint density at radius 2 is 2.13 bits per heavy atom. The van der Waals surface area contributed by atoms with Crippen molar-refractivity contribution in [3.63, 3.8) is 0 Å². The number of nitrogens with two attached hydrogens (primary N) is 2. The highest BCUT2D eigenvalue weighted by atomic mass is 32.1. The number of thiocarbonyl (C=S) groups is 1. The van der Waals surface area contributed by atoms with E-state index >= 15 is 0 Å². The Bertz CT molecular complexity index is 377. The van der Waals surface area contributed by atoms with Gasteiger partial charge in [-0.3, -0.25) is 4.79 Å². The molecule has 15 heavy (non-hydrogen) atoms. The molecule has 1 aromatic heterocycles. The number of nitrogens with zero attached hydrogens (tertiary/aromatic N) is 3. The van der Waals surface area contributed by atoms with Crippen LogP contribution in [0.3, 0.4) is 0 Å². The predicted octanol–water partition coefficient (Wildman–Crippen LogP) is -0.968. The summed E-state index contributed by atoms with van der Waals surface area (Å²) in [5.41, 5.74) is 10.8. The molecule has 0 spiro atoms. The van der Waals surface area contributed by atoms with Gasteiger partial charge in [0.25, 0.3) is 0 Å². The van der Waals surface area contributed by atoms with Crippen molar-refractivity contribution in [2.75, 3.05) is 18.5 Å². The minimum Gasteiger partial charge on any atom is -0.388 e. The van der Waals surface area contributed by atoms with Crippen molar-refractivity contribution in [2.24, 2.45) is 11.5 Å². The van der Waals surface area contributed by atoms with E-state index in [-0.39, 0.29) is 11.5 Å². The van der Waals surface area contributed by atoms with Gasteiger partial charge >= 0.3 is 0 Å². The molecule has 0 bridgehead atoms. The Morgan fingerprint density at radius 1 is 1.47 bits per heavy atom. The van der Waals surface area contributed by atoms with Gasteiger partial charge in [-0.05, 0) is 0 Å². The van der Waals surface area contributed by atoms with Crippen LogP contribution in [0.25, 0.3) is 0 Å². The van der Waals surface area contributed by atoms with Gasteiger partial charge in [0.2, 0.25) is 5.91 Å². The number of aromatic nitrogens is 2. The van der Waals surface area contributed by atoms with E-state index in [0.717, 1.165) is 0 Å². The first kappa shape index (κ1) is 11.3. The minimum atomic E-state index is -0.433. The molecule has 0 saturated carbocycles. The average Bonchev–Trinajstić information content (AvgIpc) is 2.17. The van der Waals surface area contributed by atoms with E-state index in [1.54, 1.807) is 11.9 Å². The fourth-order valence-corrected chi connectivity index (χ4v) is 1.07. The maximum atomic E-state index is 10.6. The lowest BCUT2D eigenvalue weighted by Crippen LogP contribution is -2.31. The SMILES string of the molecule is CN(CC(N)=O)c1cnc(C(N)=S)cn1. The van der Waals surface area contributed by atoms with E-state index in [2.05, 4.69) is 9.97 Å². The molecule has 0 atom stereocenters. The highest BCUT2D eigenvalue weighted by Crippen LogP contribution is 2.05. The lowest BCUT2D eigenvalue weighted by atomic mass is 10.4. The molecule has 1 amide bonds. The Labute approximate surface area is 92.3 Å². The Morgan fingerprint density at radius 3 is 2.53 bits per heavy atom. The normalized spacial score (nSPS) is 9.67. The summed E-state index contributed by atoms with van der Waals surface area (Å²) in [6.07, 6.45) is 2.94. The molecule has 0 fully saturated rings. The molecule has 1 rings (SSSR count). The Kier molecular flexibility index (Phi) is 3.51. The summed E-state index contributed by atoms with van der Waals surface area (Å²) in [7, 11) is 1.69. The number of carbonyl (C=O) groups is 1. The van der Waals surface area contributed by atoms with Gasteiger partial charge in [-0.1, -0.05) is 12.2 Å². The first-order valence-corrected chi connectivity index (χ1v) is 4.53. The molecule has 0 aliphatic rings. The second-order valence-electron chi connectivity index (χ2n) is 2.95. The van der Waals surface area contributed by atoms with E-state index < -0.39 is 5.91 Å². The number of primary amides is 1. The van der Waals surface area contributed by atoms with Crippen molar-refractivity contribution in [2.45, 2.75) is 0 Å². The van der Waals surface area contributed by atoms with Gasteiger partial charge in [-0.25, -0.2) is 9.97 Å². The quantitative estimate of drug-likeness (QED) is 0.640. The van der Waals surface area contributed by atoms with Crippen LogP contribution in [0.4, 0.5) is 5.82 Å². The summed E-state index contributed by atoms with van der Waals surface area (Å²) >= 11 is 4.73. The summed E-state index contributed by atoms with van der Waals surface area (Å²) in [5, 5.41) is 0. The van der Waals surface area contributed by atoms with Crippen LogP contribution in [0.1, 0.15) is 5.69 Å². The molecule has 0 radical (unpaired) electrons. The Balaban J connectivity index is 2.79. The van der Waals surface area contributed by atoms with Crippen LogP contribution in [-0.2, 0) is 4.79 Å². The third kappa shape index (κ3) is 3.13. The van der Waals surface area contributed by atoms with Crippen LogP contribution in [0, 0.1) is 0 Å². The lowest BCUT2D eigenvalue weighted by molar-refractivity contribution is -0.116. The zero-order valence-corrected chi connectivity index (χ0v) is 8.99. The standard InChI is InChI=1S/C8H11N5OS/c1-13(4-6(9)14)7-3-11-5(2-12-7)8(10)15/h2-3H,4H2,1H3,(H2,9,14)(H2,10,15). The van der Waals surface area contributed by atoms with Crippen LogP contribution in [0.5, 0.6) is 0 Å². The lowest BCUT2D eigenvalue weighted by Gasteiger charge is -2.15. The number of anilines is 1. The molecule has 0 unspecified atom stereocenters. The number of hydrogen-bond acceptors (Lipinski definition) is 5. The molecule has 1 heterocycles. The topological polar surface area (TPSA) is 98.1 Å². The average molecular weight is 225 g/mol. The highest BCUT2D eigenvalue weighted by Gasteiger charge is 2.06. The van der Waals surface area contributed by atoms with Crippen LogP contribution in [-0.4, -0.2) is 34.5 Å². The first-order chi connectivity index (χ1) is 7.00. The van der Waals surface area contributed by atoms with E-state index in [9.17, 15) is 4.79 Å². The van der Waals surface area contributed by atoms with Crippen molar-refractivity contribution in [1.82, 2.24) is 9.97 Å². The van der Waals surface area contributed by atoms with Crippen molar-refractivity contribution in [3.8, 4) is 0 Å². The van der Waals surface area contributed by atoms with Crippen molar-refractivity contribution >= 4 is 28.9 Å². The zero-order chi connectivity index (χ0) is 11.4. The molecular formula is C8H11N5OS. The maximum absolute atomic E-state index is 10.6. The Hall–Kier alpha value is -1.76. The number of carbonyl (C=O) groups excluding carboxylic acids is 1. The fraction of sp³-hybridized carbons (Fsp3) is 0.250. The second-order valence-corrected chi connectivity index (χ2v) is 3.39. The van der Waals surface area contributed by atoms with Crippen LogP contribution < -0.4 is 16.4 Å². The van der Waals surface area contributed by atoms with Gasteiger partial charge in [0.05, 0.1) is 18.9 Å².